The van der Waals surface area contributed by atoms with Gasteiger partial charge in [-0.15, -0.1) is 23.1 Å². The SMILES string of the molecule is CC(C)(C)OC(=O)N[C@@H]1C(=O)N2C(C(=O)OC(c3ccccc3)c3ccccc3)=C(C=CSc3cc(=O)c4ccc(CO)cc4s3)CS[C@@H]12. The van der Waals surface area contributed by atoms with E-state index in [-0.39, 0.29) is 17.7 Å². The number of rotatable bonds is 9. The molecular formula is C37H34N2O7S3. The van der Waals surface area contributed by atoms with Crippen LogP contribution in [0.3, 0.4) is 0 Å². The number of fused-ring (bicyclic) bond motifs is 2. The molecule has 9 nitrogen and oxygen atoms in total. The first kappa shape index (κ1) is 34.5. The van der Waals surface area contributed by atoms with Crippen LogP contribution < -0.4 is 10.7 Å². The Balaban J connectivity index is 1.32. The fourth-order valence-electron chi connectivity index (χ4n) is 5.46. The lowest BCUT2D eigenvalue weighted by Gasteiger charge is -2.49. The van der Waals surface area contributed by atoms with Crippen molar-refractivity contribution < 1.29 is 29.0 Å². The Morgan fingerprint density at radius 2 is 1.69 bits per heavy atom. The van der Waals surface area contributed by atoms with Crippen molar-refractivity contribution in [2.75, 3.05) is 5.75 Å². The molecular weight excluding hydrogens is 681 g/mol. The number of nitrogens with one attached hydrogen (secondary N) is 1. The predicted molar refractivity (Wildman–Crippen MR) is 193 cm³/mol. The molecule has 49 heavy (non-hydrogen) atoms. The van der Waals surface area contributed by atoms with Crippen LogP contribution in [0.4, 0.5) is 4.79 Å². The highest BCUT2D eigenvalue weighted by Crippen LogP contribution is 2.42. The lowest BCUT2D eigenvalue weighted by atomic mass is 10.0. The number of aliphatic hydroxyl groups excluding tert-OH is 1. The summed E-state index contributed by atoms with van der Waals surface area (Å²) in [7, 11) is 0. The number of benzene rings is 3. The summed E-state index contributed by atoms with van der Waals surface area (Å²) in [5.41, 5.74) is 2.05. The first-order valence-electron chi connectivity index (χ1n) is 15.5. The Labute approximate surface area is 296 Å². The molecule has 1 aromatic heterocycles. The molecule has 2 atom stereocenters. The molecule has 1 saturated heterocycles. The predicted octanol–water partition coefficient (Wildman–Crippen LogP) is 6.75. The third-order valence-corrected chi connectivity index (χ3v) is 11.0. The number of hydrogen-bond acceptors (Lipinski definition) is 10. The Hall–Kier alpha value is -4.36. The minimum absolute atomic E-state index is 0.101. The van der Waals surface area contributed by atoms with E-state index in [1.807, 2.05) is 60.7 Å². The van der Waals surface area contributed by atoms with E-state index in [0.717, 1.165) is 20.0 Å². The summed E-state index contributed by atoms with van der Waals surface area (Å²) in [5, 5.41) is 14.0. The first-order valence-corrected chi connectivity index (χ1v) is 18.3. The van der Waals surface area contributed by atoms with E-state index < -0.39 is 41.1 Å². The van der Waals surface area contributed by atoms with Gasteiger partial charge in [0.25, 0.3) is 5.91 Å². The third kappa shape index (κ3) is 7.78. The van der Waals surface area contributed by atoms with Crippen LogP contribution in [0.2, 0.25) is 0 Å². The molecule has 0 radical (unpaired) electrons. The fourth-order valence-corrected chi connectivity index (χ4v) is 8.82. The van der Waals surface area contributed by atoms with Gasteiger partial charge < -0.3 is 19.9 Å². The molecule has 2 N–H and O–H groups in total. The van der Waals surface area contributed by atoms with Crippen molar-refractivity contribution in [3.8, 4) is 0 Å². The van der Waals surface area contributed by atoms with E-state index >= 15 is 0 Å². The van der Waals surface area contributed by atoms with Crippen molar-refractivity contribution in [1.29, 1.82) is 0 Å². The van der Waals surface area contributed by atoms with Crippen LogP contribution in [-0.2, 0) is 25.7 Å². The molecule has 0 bridgehead atoms. The molecule has 0 spiro atoms. The molecule has 2 aliphatic rings. The zero-order valence-corrected chi connectivity index (χ0v) is 29.4. The summed E-state index contributed by atoms with van der Waals surface area (Å²) in [6.45, 7) is 5.09. The van der Waals surface area contributed by atoms with Gasteiger partial charge in [-0.3, -0.25) is 14.5 Å². The molecule has 2 amide bonds. The van der Waals surface area contributed by atoms with Crippen LogP contribution in [-0.4, -0.2) is 50.7 Å². The van der Waals surface area contributed by atoms with Gasteiger partial charge in [0.15, 0.2) is 11.5 Å². The number of allylic oxidation sites excluding steroid dienone is 1. The van der Waals surface area contributed by atoms with Gasteiger partial charge in [0.1, 0.15) is 22.7 Å². The summed E-state index contributed by atoms with van der Waals surface area (Å²) in [5.74, 6) is -0.766. The number of aliphatic hydroxyl groups is 1. The van der Waals surface area contributed by atoms with E-state index in [2.05, 4.69) is 5.32 Å². The topological polar surface area (TPSA) is 122 Å². The molecule has 6 rings (SSSR count). The van der Waals surface area contributed by atoms with Gasteiger partial charge in [-0.25, -0.2) is 9.59 Å². The summed E-state index contributed by atoms with van der Waals surface area (Å²) in [6, 6.07) is 24.7. The van der Waals surface area contributed by atoms with Gasteiger partial charge in [0.05, 0.1) is 10.8 Å². The van der Waals surface area contributed by atoms with Gasteiger partial charge in [-0.1, -0.05) is 78.5 Å². The third-order valence-electron chi connectivity index (χ3n) is 7.70. The Morgan fingerprint density at radius 1 is 1.02 bits per heavy atom. The number of ether oxygens (including phenoxy) is 2. The van der Waals surface area contributed by atoms with Gasteiger partial charge in [0.2, 0.25) is 0 Å². The molecule has 2 aliphatic heterocycles. The van der Waals surface area contributed by atoms with Gasteiger partial charge >= 0.3 is 12.1 Å². The molecule has 3 heterocycles. The zero-order chi connectivity index (χ0) is 34.7. The van der Waals surface area contributed by atoms with Crippen molar-refractivity contribution in [2.45, 2.75) is 54.7 Å². The highest BCUT2D eigenvalue weighted by atomic mass is 32.2. The molecule has 4 aromatic rings. The van der Waals surface area contributed by atoms with Crippen molar-refractivity contribution in [3.63, 3.8) is 0 Å². The highest BCUT2D eigenvalue weighted by molar-refractivity contribution is 8.04. The monoisotopic (exact) mass is 714 g/mol. The molecule has 12 heteroatoms. The van der Waals surface area contributed by atoms with Crippen molar-refractivity contribution in [1.82, 2.24) is 10.2 Å². The van der Waals surface area contributed by atoms with Gasteiger partial charge in [-0.2, -0.15) is 0 Å². The number of carbonyl (C=O) groups excluding carboxylic acids is 3. The van der Waals surface area contributed by atoms with Gasteiger partial charge in [-0.05, 0) is 66.7 Å². The van der Waals surface area contributed by atoms with E-state index in [1.165, 1.54) is 39.8 Å². The van der Waals surface area contributed by atoms with E-state index in [1.54, 1.807) is 56.5 Å². The van der Waals surface area contributed by atoms with Crippen LogP contribution in [0.15, 0.2) is 117 Å². The van der Waals surface area contributed by atoms with Crippen LogP contribution in [0, 0.1) is 0 Å². The number of esters is 1. The Bertz CT molecular complexity index is 1970. The first-order chi connectivity index (χ1) is 23.5. The number of carbonyl (C=O) groups is 3. The minimum Gasteiger partial charge on any atom is -0.448 e. The molecule has 252 valence electrons. The van der Waals surface area contributed by atoms with Crippen molar-refractivity contribution in [2.24, 2.45) is 0 Å². The van der Waals surface area contributed by atoms with E-state index in [9.17, 15) is 24.3 Å². The maximum atomic E-state index is 14.2. The standard InChI is InChI=1S/C37H34N2O7S3/c1-37(2,3)46-36(44)38-30-33(42)39-31(35(43)45-32(23-10-6-4-7-11-23)24-12-8-5-9-13-24)25(21-48-34(30)39)16-17-47-29-19-27(41)26-15-14-22(20-40)18-28(26)49-29/h4-19,30,32,34,40H,20-21H2,1-3H3,(H,38,44)/t30-,34+/m1/s1. The molecule has 3 aromatic carbocycles. The largest absolute Gasteiger partial charge is 0.448 e. The second kappa shape index (κ2) is 14.6. The molecule has 0 aliphatic carbocycles. The smallest absolute Gasteiger partial charge is 0.408 e. The minimum atomic E-state index is -0.875. The highest BCUT2D eigenvalue weighted by Gasteiger charge is 2.54. The number of β-lactam (4-membered cyclic amide) rings is 1. The number of hydrogen-bond donors (Lipinski definition) is 2. The second-order valence-corrected chi connectivity index (χ2v) is 15.7. The number of amides is 2. The Kier molecular flexibility index (Phi) is 10.3. The number of nitrogens with zero attached hydrogens (tertiary/aromatic N) is 1. The zero-order valence-electron chi connectivity index (χ0n) is 27.0. The average Bonchev–Trinajstić information content (AvgIpc) is 3.09. The van der Waals surface area contributed by atoms with Crippen LogP contribution >= 0.6 is 34.9 Å². The van der Waals surface area contributed by atoms with Crippen LogP contribution in [0.5, 0.6) is 0 Å². The van der Waals surface area contributed by atoms with Crippen molar-refractivity contribution >= 4 is 62.9 Å². The molecule has 0 unspecified atom stereocenters. The second-order valence-electron chi connectivity index (χ2n) is 12.4. The maximum Gasteiger partial charge on any atom is 0.408 e. The maximum absolute atomic E-state index is 14.2. The normalized spacial score (nSPS) is 17.7. The molecule has 1 fully saturated rings. The van der Waals surface area contributed by atoms with Crippen molar-refractivity contribution in [3.05, 3.63) is 135 Å². The summed E-state index contributed by atoms with van der Waals surface area (Å²) in [6.07, 6.45) is 0.314. The Morgan fingerprint density at radius 3 is 2.33 bits per heavy atom. The quantitative estimate of drug-likeness (QED) is 0.110. The van der Waals surface area contributed by atoms with Crippen LogP contribution in [0.25, 0.3) is 10.1 Å². The van der Waals surface area contributed by atoms with Gasteiger partial charge in [0, 0.05) is 21.9 Å². The van der Waals surface area contributed by atoms with Crippen LogP contribution in [0.1, 0.15) is 43.6 Å². The summed E-state index contributed by atoms with van der Waals surface area (Å²) in [4.78, 5) is 54.6. The average molecular weight is 715 g/mol. The summed E-state index contributed by atoms with van der Waals surface area (Å²) < 4.78 is 13.1. The summed E-state index contributed by atoms with van der Waals surface area (Å²) >= 11 is 4.16. The molecule has 0 saturated carbocycles. The lowest BCUT2D eigenvalue weighted by Crippen LogP contribution is -2.70. The fraction of sp³-hybridized carbons (Fsp3) is 0.243. The van der Waals surface area contributed by atoms with E-state index in [4.69, 9.17) is 9.47 Å². The number of alkyl carbamates (subject to hydrolysis) is 1. The lowest BCUT2D eigenvalue weighted by molar-refractivity contribution is -0.153. The number of thioether (sulfide) groups is 2. The van der Waals surface area contributed by atoms with E-state index in [0.29, 0.717) is 22.3 Å².